The molecule has 6 nitrogen and oxygen atoms in total. The van der Waals surface area contributed by atoms with Gasteiger partial charge in [0.05, 0.1) is 16.8 Å². The van der Waals surface area contributed by atoms with Crippen LogP contribution in [-0.2, 0) is 19.0 Å². The van der Waals surface area contributed by atoms with Crippen molar-refractivity contribution in [3.05, 3.63) is 77.7 Å². The van der Waals surface area contributed by atoms with E-state index in [1.54, 1.807) is 24.3 Å². The maximum Gasteiger partial charge on any atom is 0.432 e. The Hall–Kier alpha value is -4.22. The molecular weight excluding hydrogens is 478 g/mol. The van der Waals surface area contributed by atoms with E-state index < -0.39 is 29.4 Å². The Kier molecular flexibility index (Phi) is 6.05. The highest BCUT2D eigenvalue weighted by Gasteiger charge is 2.34. The van der Waals surface area contributed by atoms with Crippen LogP contribution in [0.15, 0.2) is 60.9 Å². The van der Waals surface area contributed by atoms with Crippen molar-refractivity contribution < 1.29 is 36.2 Å². The average Bonchev–Trinajstić information content (AvgIpc) is 3.29. The van der Waals surface area contributed by atoms with Gasteiger partial charge in [-0.15, -0.1) is 0 Å². The molecule has 0 unspecified atom stereocenters. The van der Waals surface area contributed by atoms with E-state index in [0.717, 1.165) is 12.3 Å². The molecule has 12 heteroatoms. The van der Waals surface area contributed by atoms with Crippen molar-refractivity contribution in [3.63, 3.8) is 0 Å². The number of nitrogens with zero attached hydrogens (tertiary/aromatic N) is 2. The van der Waals surface area contributed by atoms with Gasteiger partial charge in [-0.3, -0.25) is 10.1 Å². The number of aromatic nitrogens is 3. The van der Waals surface area contributed by atoms with Crippen LogP contribution >= 0.6 is 0 Å². The molecule has 2 heterocycles. The van der Waals surface area contributed by atoms with E-state index in [9.17, 15) is 31.4 Å². The molecule has 0 aliphatic carbocycles. The van der Waals surface area contributed by atoms with E-state index in [4.69, 9.17) is 10.5 Å². The van der Waals surface area contributed by atoms with Crippen molar-refractivity contribution in [2.75, 3.05) is 5.73 Å². The molecule has 0 amide bonds. The number of H-pyrrole nitrogens is 1. The number of hydrogen-bond donors (Lipinski definition) is 3. The van der Waals surface area contributed by atoms with Gasteiger partial charge in [-0.05, 0) is 42.0 Å². The van der Waals surface area contributed by atoms with Gasteiger partial charge >= 0.3 is 12.4 Å². The van der Waals surface area contributed by atoms with E-state index in [-0.39, 0.29) is 34.7 Å². The minimum Gasteiger partial charge on any atom is -0.506 e. The van der Waals surface area contributed by atoms with Gasteiger partial charge in [0.1, 0.15) is 23.8 Å². The predicted octanol–water partition coefficient (Wildman–Crippen LogP) is 6.04. The molecule has 0 spiro atoms. The molecule has 0 radical (unpaired) electrons. The second kappa shape index (κ2) is 8.85. The second-order valence-electron chi connectivity index (χ2n) is 7.49. The van der Waals surface area contributed by atoms with E-state index in [2.05, 4.69) is 10.1 Å². The summed E-state index contributed by atoms with van der Waals surface area (Å²) in [5.74, 6) is -0.642. The van der Waals surface area contributed by atoms with Gasteiger partial charge in [0.15, 0.2) is 0 Å². The molecule has 0 atom stereocenters. The molecule has 35 heavy (non-hydrogen) atoms. The first kappa shape index (κ1) is 23.9. The summed E-state index contributed by atoms with van der Waals surface area (Å²) in [6.45, 7) is -0.0287. The van der Waals surface area contributed by atoms with Crippen molar-refractivity contribution in [2.24, 2.45) is 0 Å². The number of aromatic hydroxyl groups is 1. The molecule has 2 aromatic heterocycles. The molecule has 4 aromatic rings. The lowest BCUT2D eigenvalue weighted by atomic mass is 9.98. The minimum absolute atomic E-state index is 0.0178. The molecule has 4 N–H and O–H groups in total. The Labute approximate surface area is 194 Å². The zero-order chi connectivity index (χ0) is 25.4. The van der Waals surface area contributed by atoms with Crippen LogP contribution in [0.25, 0.3) is 22.4 Å². The van der Waals surface area contributed by atoms with Crippen LogP contribution < -0.4 is 10.5 Å². The Balaban J connectivity index is 1.81. The Morgan fingerprint density at radius 3 is 2.26 bits per heavy atom. The van der Waals surface area contributed by atoms with Gasteiger partial charge in [0.2, 0.25) is 0 Å². The smallest absolute Gasteiger partial charge is 0.432 e. The fraction of sp³-hybridized carbons (Fsp3) is 0.130. The Morgan fingerprint density at radius 2 is 1.63 bits per heavy atom. The normalized spacial score (nSPS) is 12.1. The number of nitrogen functional groups attached to an aromatic ring is 1. The average molecular weight is 494 g/mol. The van der Waals surface area contributed by atoms with Crippen molar-refractivity contribution >= 4 is 5.69 Å². The predicted molar refractivity (Wildman–Crippen MR) is 114 cm³/mol. The van der Waals surface area contributed by atoms with Crippen LogP contribution in [-0.4, -0.2) is 20.3 Å². The molecular formula is C23H16F6N4O2. The van der Waals surface area contributed by atoms with Crippen LogP contribution in [0.2, 0.25) is 0 Å². The summed E-state index contributed by atoms with van der Waals surface area (Å²) in [7, 11) is 0. The van der Waals surface area contributed by atoms with Crippen LogP contribution in [0.4, 0.5) is 32.0 Å². The summed E-state index contributed by atoms with van der Waals surface area (Å²) in [5, 5.41) is 16.4. The molecule has 4 rings (SSSR count). The van der Waals surface area contributed by atoms with Crippen LogP contribution in [0.5, 0.6) is 11.5 Å². The summed E-state index contributed by atoms with van der Waals surface area (Å²) in [6, 6.07) is 10.6. The summed E-state index contributed by atoms with van der Waals surface area (Å²) in [4.78, 5) is 3.61. The summed E-state index contributed by atoms with van der Waals surface area (Å²) < 4.78 is 84.6. The number of anilines is 1. The van der Waals surface area contributed by atoms with Gasteiger partial charge in [-0.25, -0.2) is 0 Å². The van der Waals surface area contributed by atoms with E-state index >= 15 is 0 Å². The summed E-state index contributed by atoms with van der Waals surface area (Å²) in [6.07, 6.45) is -7.74. The van der Waals surface area contributed by atoms with Crippen LogP contribution in [0.1, 0.15) is 16.8 Å². The third kappa shape index (κ3) is 5.15. The number of rotatable bonds is 5. The van der Waals surface area contributed by atoms with E-state index in [1.807, 2.05) is 5.10 Å². The second-order valence-corrected chi connectivity index (χ2v) is 7.49. The zero-order valence-corrected chi connectivity index (χ0v) is 17.6. The Bertz CT molecular complexity index is 1350. The van der Waals surface area contributed by atoms with E-state index in [1.165, 1.54) is 12.1 Å². The van der Waals surface area contributed by atoms with Crippen molar-refractivity contribution in [2.45, 2.75) is 19.0 Å². The monoisotopic (exact) mass is 494 g/mol. The summed E-state index contributed by atoms with van der Waals surface area (Å²) >= 11 is 0. The van der Waals surface area contributed by atoms with Crippen molar-refractivity contribution in [3.8, 4) is 33.9 Å². The number of phenols is 1. The number of nitrogens with two attached hydrogens (primary N) is 1. The first-order valence-corrected chi connectivity index (χ1v) is 9.92. The first-order valence-electron chi connectivity index (χ1n) is 9.92. The molecule has 182 valence electrons. The minimum atomic E-state index is -4.72. The third-order valence-corrected chi connectivity index (χ3v) is 5.03. The highest BCUT2D eigenvalue weighted by Crippen LogP contribution is 2.45. The molecule has 0 bridgehead atoms. The highest BCUT2D eigenvalue weighted by atomic mass is 19.4. The SMILES string of the molecule is Nc1ccc(COc2ccc(-c3cc(C(F)(F)F)[nH]n3)c(O)c2-c2cncc(C(F)(F)F)c2)cc1. The fourth-order valence-electron chi connectivity index (χ4n) is 3.29. The van der Waals surface area contributed by atoms with E-state index in [0.29, 0.717) is 23.5 Å². The largest absolute Gasteiger partial charge is 0.506 e. The third-order valence-electron chi connectivity index (χ3n) is 5.03. The maximum absolute atomic E-state index is 13.3. The maximum atomic E-state index is 13.3. The van der Waals surface area contributed by atoms with Gasteiger partial charge in [-0.2, -0.15) is 31.4 Å². The van der Waals surface area contributed by atoms with Crippen molar-refractivity contribution in [1.29, 1.82) is 0 Å². The van der Waals surface area contributed by atoms with Gasteiger partial charge in [0.25, 0.3) is 0 Å². The lowest BCUT2D eigenvalue weighted by molar-refractivity contribution is -0.141. The standard InChI is InChI=1S/C23H16F6N4O2/c24-22(25,26)14-7-13(9-31-10-14)20-18(35-11-12-1-3-15(30)4-2-12)6-5-16(21(20)34)17-8-19(33-32-17)23(27,28)29/h1-10,34H,11,30H2,(H,32,33). The first-order chi connectivity index (χ1) is 16.4. The molecule has 0 aliphatic rings. The van der Waals surface area contributed by atoms with Gasteiger partial charge < -0.3 is 15.6 Å². The number of alkyl halides is 6. The number of benzene rings is 2. The number of aromatic amines is 1. The van der Waals surface area contributed by atoms with Gasteiger partial charge in [0, 0.05) is 29.2 Å². The lowest BCUT2D eigenvalue weighted by Crippen LogP contribution is -2.06. The van der Waals surface area contributed by atoms with Crippen LogP contribution in [0.3, 0.4) is 0 Å². The van der Waals surface area contributed by atoms with Crippen LogP contribution in [0, 0.1) is 0 Å². The number of halogens is 6. The summed E-state index contributed by atoms with van der Waals surface area (Å²) in [5.41, 5.74) is 3.86. The number of pyridine rings is 1. The topological polar surface area (TPSA) is 97.0 Å². The zero-order valence-electron chi connectivity index (χ0n) is 17.6. The molecule has 2 aromatic carbocycles. The quantitative estimate of drug-likeness (QED) is 0.232. The molecule has 0 fully saturated rings. The molecule has 0 saturated carbocycles. The number of ether oxygens (including phenoxy) is 1. The molecule has 0 saturated heterocycles. The van der Waals surface area contributed by atoms with Gasteiger partial charge in [-0.1, -0.05) is 12.1 Å². The number of phenolic OH excluding ortho intramolecular Hbond substituents is 1. The Morgan fingerprint density at radius 1 is 0.914 bits per heavy atom. The lowest BCUT2D eigenvalue weighted by Gasteiger charge is -2.16. The number of nitrogens with one attached hydrogen (secondary N) is 1. The highest BCUT2D eigenvalue weighted by molar-refractivity contribution is 5.85. The number of hydrogen-bond acceptors (Lipinski definition) is 5. The van der Waals surface area contributed by atoms with Crippen molar-refractivity contribution in [1.82, 2.24) is 15.2 Å². The fourth-order valence-corrected chi connectivity index (χ4v) is 3.29. The molecule has 0 aliphatic heterocycles.